The lowest BCUT2D eigenvalue weighted by atomic mass is 10.2. The number of hydrogen-bond donors (Lipinski definition) is 2. The van der Waals surface area contributed by atoms with Gasteiger partial charge in [-0.15, -0.1) is 0 Å². The molecule has 21 heavy (non-hydrogen) atoms. The Bertz CT molecular complexity index is 553. The molecule has 0 amide bonds. The number of nitrogens with zero attached hydrogens (tertiary/aromatic N) is 6. The van der Waals surface area contributed by atoms with Gasteiger partial charge in [0, 0.05) is 31.5 Å². The average molecular weight is 290 g/mol. The number of likely N-dealkylation sites (N-methyl/N-ethyl adjacent to an activating group) is 1. The molecular formula is C13H22N8. The van der Waals surface area contributed by atoms with E-state index in [-0.39, 0.29) is 5.95 Å². The molecule has 2 rings (SSSR count). The van der Waals surface area contributed by atoms with Gasteiger partial charge in [0.1, 0.15) is 0 Å². The van der Waals surface area contributed by atoms with Gasteiger partial charge in [0.25, 0.3) is 5.95 Å². The summed E-state index contributed by atoms with van der Waals surface area (Å²) < 4.78 is 1.55. The Balaban J connectivity index is 1.98. The molecule has 2 heterocycles. The summed E-state index contributed by atoms with van der Waals surface area (Å²) in [4.78, 5) is 14.7. The minimum Gasteiger partial charge on any atom is -0.368 e. The summed E-state index contributed by atoms with van der Waals surface area (Å²) in [5.74, 6) is 1.05. The van der Waals surface area contributed by atoms with E-state index >= 15 is 0 Å². The number of aromatic nitrogens is 5. The predicted molar refractivity (Wildman–Crippen MR) is 82.2 cm³/mol. The van der Waals surface area contributed by atoms with Crippen LogP contribution in [0.5, 0.6) is 0 Å². The predicted octanol–water partition coefficient (Wildman–Crippen LogP) is 0.782. The second kappa shape index (κ2) is 6.98. The molecule has 0 spiro atoms. The van der Waals surface area contributed by atoms with Crippen LogP contribution >= 0.6 is 0 Å². The molecule has 0 saturated heterocycles. The molecule has 1 unspecified atom stereocenters. The van der Waals surface area contributed by atoms with Crippen LogP contribution < -0.4 is 11.1 Å². The van der Waals surface area contributed by atoms with Crippen LogP contribution in [-0.2, 0) is 0 Å². The Labute approximate surface area is 124 Å². The number of nitrogens with one attached hydrogen (secondary N) is 1. The number of anilines is 2. The van der Waals surface area contributed by atoms with Gasteiger partial charge in [-0.1, -0.05) is 6.92 Å². The lowest BCUT2D eigenvalue weighted by molar-refractivity contribution is 0.261. The summed E-state index contributed by atoms with van der Waals surface area (Å²) in [7, 11) is 2.10. The Morgan fingerprint density at radius 3 is 2.86 bits per heavy atom. The topological polar surface area (TPSA) is 97.8 Å². The standard InChI is InChI=1S/C13H22N8/c1-4-10(2)20(3)9-7-15-12-17-11(14)18-13(19-12)21-8-5-6-16-21/h5-6,8,10H,4,7,9H2,1-3H3,(H3,14,15,17,18,19). The maximum Gasteiger partial charge on any atom is 0.257 e. The minimum atomic E-state index is 0.174. The Morgan fingerprint density at radius 2 is 2.19 bits per heavy atom. The molecule has 114 valence electrons. The van der Waals surface area contributed by atoms with Crippen molar-refractivity contribution < 1.29 is 0 Å². The van der Waals surface area contributed by atoms with Crippen molar-refractivity contribution in [3.8, 4) is 5.95 Å². The highest BCUT2D eigenvalue weighted by Gasteiger charge is 2.08. The molecule has 2 aromatic heterocycles. The molecule has 3 N–H and O–H groups in total. The maximum absolute atomic E-state index is 5.71. The SMILES string of the molecule is CCC(C)N(C)CCNc1nc(N)nc(-n2cccn2)n1. The highest BCUT2D eigenvalue weighted by atomic mass is 15.4. The van der Waals surface area contributed by atoms with Gasteiger partial charge in [0.15, 0.2) is 0 Å². The molecule has 1 atom stereocenters. The number of nitrogens with two attached hydrogens (primary N) is 1. The highest BCUT2D eigenvalue weighted by molar-refractivity contribution is 5.34. The third-order valence-corrected chi connectivity index (χ3v) is 3.44. The Morgan fingerprint density at radius 1 is 1.38 bits per heavy atom. The van der Waals surface area contributed by atoms with Crippen LogP contribution in [0.25, 0.3) is 5.95 Å². The molecular weight excluding hydrogens is 268 g/mol. The first-order chi connectivity index (χ1) is 10.1. The van der Waals surface area contributed by atoms with Crippen molar-refractivity contribution in [1.29, 1.82) is 0 Å². The van der Waals surface area contributed by atoms with E-state index in [9.17, 15) is 0 Å². The van der Waals surface area contributed by atoms with E-state index in [1.54, 1.807) is 23.1 Å². The fourth-order valence-electron chi connectivity index (χ4n) is 1.83. The van der Waals surface area contributed by atoms with Gasteiger partial charge in [0.05, 0.1) is 0 Å². The van der Waals surface area contributed by atoms with Crippen LogP contribution in [0.15, 0.2) is 18.5 Å². The molecule has 8 nitrogen and oxygen atoms in total. The van der Waals surface area contributed by atoms with E-state index < -0.39 is 0 Å². The van der Waals surface area contributed by atoms with Crippen LogP contribution in [-0.4, -0.2) is 55.8 Å². The van der Waals surface area contributed by atoms with E-state index in [4.69, 9.17) is 5.73 Å². The highest BCUT2D eigenvalue weighted by Crippen LogP contribution is 2.06. The monoisotopic (exact) mass is 290 g/mol. The second-order valence-corrected chi connectivity index (χ2v) is 4.93. The van der Waals surface area contributed by atoms with Gasteiger partial charge in [-0.05, 0) is 26.5 Å². The van der Waals surface area contributed by atoms with E-state index in [0.717, 1.165) is 19.5 Å². The summed E-state index contributed by atoms with van der Waals surface area (Å²) in [6.45, 7) is 6.02. The molecule has 0 aromatic carbocycles. The first kappa shape index (κ1) is 15.2. The molecule has 2 aromatic rings. The third kappa shape index (κ3) is 4.12. The van der Waals surface area contributed by atoms with Gasteiger partial charge in [-0.3, -0.25) is 0 Å². The van der Waals surface area contributed by atoms with Crippen molar-refractivity contribution in [3.63, 3.8) is 0 Å². The van der Waals surface area contributed by atoms with Crippen molar-refractivity contribution in [2.45, 2.75) is 26.3 Å². The van der Waals surface area contributed by atoms with E-state index in [1.165, 1.54) is 0 Å². The zero-order valence-electron chi connectivity index (χ0n) is 12.7. The first-order valence-electron chi connectivity index (χ1n) is 7.05. The van der Waals surface area contributed by atoms with Gasteiger partial charge < -0.3 is 16.0 Å². The van der Waals surface area contributed by atoms with Crippen LogP contribution in [0.2, 0.25) is 0 Å². The molecule has 0 aliphatic heterocycles. The summed E-state index contributed by atoms with van der Waals surface area (Å²) in [6.07, 6.45) is 4.54. The fraction of sp³-hybridized carbons (Fsp3) is 0.538. The van der Waals surface area contributed by atoms with Gasteiger partial charge in [-0.2, -0.15) is 20.1 Å². The zero-order valence-corrected chi connectivity index (χ0v) is 12.7. The Hall–Kier alpha value is -2.22. The summed E-state index contributed by atoms with van der Waals surface area (Å²) in [5.41, 5.74) is 5.71. The van der Waals surface area contributed by atoms with Crippen LogP contribution in [0.4, 0.5) is 11.9 Å². The van der Waals surface area contributed by atoms with Crippen LogP contribution in [0.3, 0.4) is 0 Å². The van der Waals surface area contributed by atoms with Gasteiger partial charge in [0.2, 0.25) is 11.9 Å². The lowest BCUT2D eigenvalue weighted by Gasteiger charge is -2.23. The first-order valence-corrected chi connectivity index (χ1v) is 7.05. The maximum atomic E-state index is 5.71. The van der Waals surface area contributed by atoms with Crippen molar-refractivity contribution in [3.05, 3.63) is 18.5 Å². The smallest absolute Gasteiger partial charge is 0.257 e. The molecule has 0 aliphatic carbocycles. The molecule has 0 aliphatic rings. The third-order valence-electron chi connectivity index (χ3n) is 3.44. The van der Waals surface area contributed by atoms with Crippen molar-refractivity contribution in [2.24, 2.45) is 0 Å². The molecule has 8 heteroatoms. The number of rotatable bonds is 7. The molecule has 0 bridgehead atoms. The van der Waals surface area contributed by atoms with Crippen molar-refractivity contribution >= 4 is 11.9 Å². The van der Waals surface area contributed by atoms with Crippen molar-refractivity contribution in [2.75, 3.05) is 31.2 Å². The number of nitrogen functional groups attached to an aromatic ring is 1. The minimum absolute atomic E-state index is 0.174. The quantitative estimate of drug-likeness (QED) is 0.777. The summed E-state index contributed by atoms with van der Waals surface area (Å²) in [5, 5.41) is 7.26. The van der Waals surface area contributed by atoms with Crippen molar-refractivity contribution in [1.82, 2.24) is 29.6 Å². The Kier molecular flexibility index (Phi) is 5.04. The average Bonchev–Trinajstić information content (AvgIpc) is 3.00. The normalized spacial score (nSPS) is 12.6. The van der Waals surface area contributed by atoms with Crippen LogP contribution in [0.1, 0.15) is 20.3 Å². The molecule has 0 radical (unpaired) electrons. The van der Waals surface area contributed by atoms with Gasteiger partial charge >= 0.3 is 0 Å². The van der Waals surface area contributed by atoms with Crippen LogP contribution in [0, 0.1) is 0 Å². The summed E-state index contributed by atoms with van der Waals surface area (Å²) in [6, 6.07) is 2.35. The van der Waals surface area contributed by atoms with E-state index in [0.29, 0.717) is 17.9 Å². The van der Waals surface area contributed by atoms with E-state index in [2.05, 4.69) is 51.2 Å². The van der Waals surface area contributed by atoms with Gasteiger partial charge in [-0.25, -0.2) is 4.68 Å². The fourth-order valence-corrected chi connectivity index (χ4v) is 1.83. The zero-order chi connectivity index (χ0) is 15.2. The molecule has 0 saturated carbocycles. The summed E-state index contributed by atoms with van der Waals surface area (Å²) >= 11 is 0. The van der Waals surface area contributed by atoms with E-state index in [1.807, 2.05) is 0 Å². The molecule has 0 fully saturated rings. The lowest BCUT2D eigenvalue weighted by Crippen LogP contribution is -2.33. The second-order valence-electron chi connectivity index (χ2n) is 4.93. The largest absolute Gasteiger partial charge is 0.368 e. The number of hydrogen-bond acceptors (Lipinski definition) is 7.